The Hall–Kier alpha value is -0.796. The Balaban J connectivity index is 0. The molecule has 173 valence electrons. The van der Waals surface area contributed by atoms with Gasteiger partial charge in [0.1, 0.15) is 5.75 Å². The van der Waals surface area contributed by atoms with Crippen molar-refractivity contribution in [1.29, 1.82) is 0 Å². The normalized spacial score (nSPS) is 10.7. The molecule has 0 atom stereocenters. The molecule has 0 heterocycles. The second kappa shape index (κ2) is 17.8. The van der Waals surface area contributed by atoms with E-state index >= 15 is 0 Å². The van der Waals surface area contributed by atoms with Crippen LogP contribution in [-0.4, -0.2) is 29.8 Å². The third-order valence-corrected chi connectivity index (χ3v) is 10.4. The van der Waals surface area contributed by atoms with Crippen LogP contribution < -0.4 is 4.74 Å². The molecule has 0 aliphatic rings. The molecule has 0 spiro atoms. The van der Waals surface area contributed by atoms with Gasteiger partial charge in [-0.2, -0.15) is 0 Å². The van der Waals surface area contributed by atoms with Crippen molar-refractivity contribution >= 4 is 16.6 Å². The van der Waals surface area contributed by atoms with E-state index in [9.17, 15) is 0 Å². The number of rotatable bonds is 12. The first-order valence-corrected chi connectivity index (χ1v) is 17.3. The molecule has 0 aromatic heterocycles. The number of nitrogens with zero attached hydrogens (tertiary/aromatic N) is 1. The molecule has 0 amide bonds. The van der Waals surface area contributed by atoms with Gasteiger partial charge in [0.15, 0.2) is 16.6 Å². The van der Waals surface area contributed by atoms with Crippen molar-refractivity contribution in [3.05, 3.63) is 47.7 Å². The summed E-state index contributed by atoms with van der Waals surface area (Å²) in [6.07, 6.45) is 14.1. The van der Waals surface area contributed by atoms with E-state index in [1.807, 2.05) is 24.3 Å². The summed E-state index contributed by atoms with van der Waals surface area (Å²) in [6.45, 7) is 21.5. The monoisotopic (exact) mass is 627 g/mol. The van der Waals surface area contributed by atoms with Crippen LogP contribution in [-0.2, 0) is 26.5 Å². The molecular weight excluding hydrogens is 587 g/mol. The topological polar surface area (TPSA) is 22.8 Å². The smallest absolute Gasteiger partial charge is 0.214 e. The van der Waals surface area contributed by atoms with Crippen LogP contribution in [0, 0.1) is 18.9 Å². The second-order valence-corrected chi connectivity index (χ2v) is 17.9. The number of hydrogen-bond acceptors (Lipinski definition) is 2. The summed E-state index contributed by atoms with van der Waals surface area (Å²) in [5.41, 5.74) is 0.780. The summed E-state index contributed by atoms with van der Waals surface area (Å²) in [6, 6.07) is 8.74. The molecule has 1 radical (unpaired) electrons. The minimum absolute atomic E-state index is 0. The second-order valence-electron chi connectivity index (χ2n) is 8.87. The molecule has 1 aromatic rings. The van der Waals surface area contributed by atoms with Crippen LogP contribution in [0.1, 0.15) is 51.0 Å². The maximum atomic E-state index is 7.04. The molecule has 1 aromatic carbocycles. The van der Waals surface area contributed by atoms with E-state index in [1.165, 1.54) is 31.7 Å². The van der Waals surface area contributed by atoms with Gasteiger partial charge in [-0.05, 0) is 63.8 Å². The van der Waals surface area contributed by atoms with E-state index in [4.69, 9.17) is 21.8 Å². The SMILES string of the molecule is [Au].[C-]#Cc1ccc(OCCCCC[Si](C)(C)O[Si](C)(C)C)cc1.[C-]#[N+]CCCCC. The maximum absolute atomic E-state index is 7.04. The van der Waals surface area contributed by atoms with Gasteiger partial charge >= 0.3 is 0 Å². The minimum Gasteiger partial charge on any atom is -0.494 e. The van der Waals surface area contributed by atoms with Crippen LogP contribution in [0.3, 0.4) is 0 Å². The van der Waals surface area contributed by atoms with Gasteiger partial charge in [-0.3, -0.25) is 5.92 Å². The first-order valence-electron chi connectivity index (χ1n) is 10.8. The largest absolute Gasteiger partial charge is 0.494 e. The molecule has 0 saturated carbocycles. The minimum atomic E-state index is -1.48. The Kier molecular flexibility index (Phi) is 18.7. The fraction of sp³-hybridized carbons (Fsp3) is 0.625. The Morgan fingerprint density at radius 3 is 2.07 bits per heavy atom. The van der Waals surface area contributed by atoms with Crippen molar-refractivity contribution in [2.24, 2.45) is 0 Å². The molecule has 3 nitrogen and oxygen atoms in total. The zero-order valence-electron chi connectivity index (χ0n) is 19.7. The zero-order valence-corrected chi connectivity index (χ0v) is 23.9. The molecule has 0 aliphatic carbocycles. The zero-order chi connectivity index (χ0) is 22.2. The Bertz CT molecular complexity index is 629. The van der Waals surface area contributed by atoms with Gasteiger partial charge in [0.25, 0.3) is 0 Å². The first-order chi connectivity index (χ1) is 13.6. The van der Waals surface area contributed by atoms with Gasteiger partial charge in [-0.1, -0.05) is 26.2 Å². The molecular formula is C24H40AuNO2Si2-. The van der Waals surface area contributed by atoms with Gasteiger partial charge in [0, 0.05) is 28.8 Å². The standard InChI is InChI=1S/C18H29O2Si2.C6H11N.Au/c1-7-17-11-13-18(14-12-17)19-15-9-8-10-16-22(5,6)20-21(2,3)4;1-3-4-5-6-7-2;/h11-14H,8-10,15-16H2,2-6H3;3-6H2,1H3;/q-1;;. The summed E-state index contributed by atoms with van der Waals surface area (Å²) in [4.78, 5) is 3.22. The Morgan fingerprint density at radius 1 is 0.933 bits per heavy atom. The predicted molar refractivity (Wildman–Crippen MR) is 130 cm³/mol. The Morgan fingerprint density at radius 2 is 1.57 bits per heavy atom. The van der Waals surface area contributed by atoms with Gasteiger partial charge < -0.3 is 20.1 Å². The average molecular weight is 628 g/mol. The molecule has 0 aliphatic heterocycles. The molecule has 6 heteroatoms. The number of unbranched alkanes of at least 4 members (excludes halogenated alkanes) is 4. The van der Waals surface area contributed by atoms with Gasteiger partial charge in [0.05, 0.1) is 6.61 Å². The molecule has 30 heavy (non-hydrogen) atoms. The number of ether oxygens (including phenoxy) is 1. The van der Waals surface area contributed by atoms with Crippen LogP contribution in [0.15, 0.2) is 24.3 Å². The van der Waals surface area contributed by atoms with E-state index in [-0.39, 0.29) is 22.4 Å². The summed E-state index contributed by atoms with van der Waals surface area (Å²) in [7, 11) is -2.88. The fourth-order valence-electron chi connectivity index (χ4n) is 2.97. The van der Waals surface area contributed by atoms with Crippen molar-refractivity contribution in [2.75, 3.05) is 13.2 Å². The van der Waals surface area contributed by atoms with Gasteiger partial charge in [0.2, 0.25) is 6.54 Å². The van der Waals surface area contributed by atoms with E-state index in [0.717, 1.165) is 30.8 Å². The van der Waals surface area contributed by atoms with Gasteiger partial charge in [-0.15, -0.1) is 17.7 Å². The third kappa shape index (κ3) is 19.2. The third-order valence-electron chi connectivity index (χ3n) is 4.15. The molecule has 0 unspecified atom stereocenters. The fourth-order valence-corrected chi connectivity index (χ4v) is 11.1. The summed E-state index contributed by atoms with van der Waals surface area (Å²) in [5.74, 6) is 3.23. The summed E-state index contributed by atoms with van der Waals surface area (Å²) in [5, 5.41) is 0. The number of hydrogen-bond donors (Lipinski definition) is 0. The van der Waals surface area contributed by atoms with E-state index < -0.39 is 16.6 Å². The van der Waals surface area contributed by atoms with Crippen LogP contribution >= 0.6 is 0 Å². The van der Waals surface area contributed by atoms with E-state index in [2.05, 4.69) is 50.4 Å². The predicted octanol–water partition coefficient (Wildman–Crippen LogP) is 7.32. The summed E-state index contributed by atoms with van der Waals surface area (Å²) >= 11 is 0. The van der Waals surface area contributed by atoms with Crippen molar-refractivity contribution in [3.8, 4) is 11.7 Å². The number of benzene rings is 1. The van der Waals surface area contributed by atoms with Crippen molar-refractivity contribution < 1.29 is 31.2 Å². The quantitative estimate of drug-likeness (QED) is 0.105. The van der Waals surface area contributed by atoms with Crippen LogP contribution in [0.5, 0.6) is 5.75 Å². The molecule has 0 fully saturated rings. The van der Waals surface area contributed by atoms with E-state index in [0.29, 0.717) is 6.54 Å². The van der Waals surface area contributed by atoms with E-state index in [1.54, 1.807) is 0 Å². The van der Waals surface area contributed by atoms with Crippen LogP contribution in [0.25, 0.3) is 4.85 Å². The van der Waals surface area contributed by atoms with Crippen molar-refractivity contribution in [2.45, 2.75) is 84.2 Å². The van der Waals surface area contributed by atoms with Crippen LogP contribution in [0.2, 0.25) is 38.8 Å². The van der Waals surface area contributed by atoms with Gasteiger partial charge in [-0.25, -0.2) is 6.57 Å². The van der Waals surface area contributed by atoms with Crippen molar-refractivity contribution in [3.63, 3.8) is 0 Å². The Labute approximate surface area is 203 Å². The summed E-state index contributed by atoms with van der Waals surface area (Å²) < 4.78 is 12.1. The molecule has 1 rings (SSSR count). The maximum Gasteiger partial charge on any atom is 0.214 e. The van der Waals surface area contributed by atoms with Crippen LogP contribution in [0.4, 0.5) is 0 Å². The molecule has 0 saturated heterocycles. The first kappa shape index (κ1) is 31.4. The van der Waals surface area contributed by atoms with Crippen molar-refractivity contribution in [1.82, 2.24) is 0 Å². The molecule has 0 bridgehead atoms. The average Bonchev–Trinajstić information content (AvgIpc) is 2.64. The molecule has 0 N–H and O–H groups in total.